The van der Waals surface area contributed by atoms with Crippen molar-refractivity contribution in [1.82, 2.24) is 10.2 Å². The number of hydrogen-bond acceptors (Lipinski definition) is 4. The molecule has 0 atom stereocenters. The van der Waals surface area contributed by atoms with Gasteiger partial charge in [-0.25, -0.2) is 0 Å². The minimum absolute atomic E-state index is 0.461. The van der Waals surface area contributed by atoms with Gasteiger partial charge in [-0.05, 0) is 24.1 Å². The Morgan fingerprint density at radius 1 is 1.10 bits per heavy atom. The van der Waals surface area contributed by atoms with Crippen LogP contribution in [0.4, 0.5) is 5.82 Å². The lowest BCUT2D eigenvalue weighted by Crippen LogP contribution is -2.03. The van der Waals surface area contributed by atoms with Gasteiger partial charge in [-0.1, -0.05) is 37.6 Å². The molecule has 0 amide bonds. The third-order valence-electron chi connectivity index (χ3n) is 3.00. The van der Waals surface area contributed by atoms with Gasteiger partial charge in [-0.3, -0.25) is 0 Å². The lowest BCUT2D eigenvalue weighted by molar-refractivity contribution is 0.922. The molecule has 1 N–H and O–H groups in total. The van der Waals surface area contributed by atoms with Crippen LogP contribution in [-0.2, 0) is 6.42 Å². The van der Waals surface area contributed by atoms with Crippen molar-refractivity contribution in [1.29, 1.82) is 5.26 Å². The maximum absolute atomic E-state index is 8.47. The van der Waals surface area contributed by atoms with Gasteiger partial charge in [0.05, 0.1) is 18.2 Å². The first-order valence-electron chi connectivity index (χ1n) is 6.87. The van der Waals surface area contributed by atoms with Crippen LogP contribution in [0.3, 0.4) is 0 Å². The zero-order valence-electron chi connectivity index (χ0n) is 11.6. The van der Waals surface area contributed by atoms with Gasteiger partial charge in [-0.15, -0.1) is 10.2 Å². The quantitative estimate of drug-likeness (QED) is 0.814. The highest BCUT2D eigenvalue weighted by Crippen LogP contribution is 2.18. The molecule has 0 unspecified atom stereocenters. The molecule has 0 spiro atoms. The zero-order valence-corrected chi connectivity index (χ0v) is 11.6. The van der Waals surface area contributed by atoms with Crippen LogP contribution in [0.1, 0.15) is 25.3 Å². The molecule has 20 heavy (non-hydrogen) atoms. The minimum Gasteiger partial charge on any atom is -0.368 e. The maximum atomic E-state index is 8.47. The van der Waals surface area contributed by atoms with E-state index in [9.17, 15) is 0 Å². The number of nitriles is 1. The van der Waals surface area contributed by atoms with E-state index in [2.05, 4.69) is 52.8 Å². The Morgan fingerprint density at radius 2 is 1.90 bits per heavy atom. The second-order valence-electron chi connectivity index (χ2n) is 4.59. The molecule has 4 nitrogen and oxygen atoms in total. The van der Waals surface area contributed by atoms with E-state index in [1.165, 1.54) is 5.56 Å². The first-order valence-corrected chi connectivity index (χ1v) is 6.87. The fraction of sp³-hybridized carbons (Fsp3) is 0.312. The number of aryl methyl sites for hydroxylation is 1. The summed E-state index contributed by atoms with van der Waals surface area (Å²) in [6.45, 7) is 2.77. The van der Waals surface area contributed by atoms with Crippen LogP contribution < -0.4 is 5.32 Å². The Morgan fingerprint density at radius 3 is 2.50 bits per heavy atom. The third-order valence-corrected chi connectivity index (χ3v) is 3.00. The lowest BCUT2D eigenvalue weighted by atomic mass is 10.1. The van der Waals surface area contributed by atoms with Crippen molar-refractivity contribution < 1.29 is 0 Å². The van der Waals surface area contributed by atoms with Gasteiger partial charge < -0.3 is 5.32 Å². The summed E-state index contributed by atoms with van der Waals surface area (Å²) in [5.74, 6) is 0.701. The molecular weight excluding hydrogens is 248 g/mol. The van der Waals surface area contributed by atoms with Gasteiger partial charge in [0.25, 0.3) is 0 Å². The molecule has 0 radical (unpaired) electrons. The summed E-state index contributed by atoms with van der Waals surface area (Å²) in [6, 6.07) is 14.3. The molecule has 0 saturated heterocycles. The highest BCUT2D eigenvalue weighted by Gasteiger charge is 2.01. The monoisotopic (exact) mass is 266 g/mol. The summed E-state index contributed by atoms with van der Waals surface area (Å²) in [5.41, 5.74) is 3.28. The van der Waals surface area contributed by atoms with E-state index in [1.54, 1.807) is 0 Å². The topological polar surface area (TPSA) is 61.6 Å². The van der Waals surface area contributed by atoms with Gasteiger partial charge in [0.1, 0.15) is 5.82 Å². The van der Waals surface area contributed by atoms with Crippen LogP contribution in [0.25, 0.3) is 11.3 Å². The Kier molecular flexibility index (Phi) is 5.08. The predicted octanol–water partition coefficient (Wildman–Crippen LogP) is 3.42. The molecule has 1 heterocycles. The minimum atomic E-state index is 0.461. The molecule has 0 aliphatic rings. The Bertz CT molecular complexity index is 567. The molecule has 0 aliphatic heterocycles. The van der Waals surface area contributed by atoms with E-state index >= 15 is 0 Å². The molecule has 0 fully saturated rings. The number of aromatic nitrogens is 2. The summed E-state index contributed by atoms with van der Waals surface area (Å²) in [6.07, 6.45) is 2.72. The zero-order chi connectivity index (χ0) is 14.2. The second-order valence-corrected chi connectivity index (χ2v) is 4.59. The number of hydrogen-bond donors (Lipinski definition) is 1. The van der Waals surface area contributed by atoms with E-state index < -0.39 is 0 Å². The van der Waals surface area contributed by atoms with E-state index in [4.69, 9.17) is 5.26 Å². The fourth-order valence-electron chi connectivity index (χ4n) is 1.96. The summed E-state index contributed by atoms with van der Waals surface area (Å²) < 4.78 is 0. The molecule has 1 aromatic carbocycles. The van der Waals surface area contributed by atoms with Gasteiger partial charge >= 0.3 is 0 Å². The Hall–Kier alpha value is -2.41. The summed E-state index contributed by atoms with van der Waals surface area (Å²) in [7, 11) is 0. The van der Waals surface area contributed by atoms with Gasteiger partial charge in [0, 0.05) is 12.1 Å². The van der Waals surface area contributed by atoms with Gasteiger partial charge in [0.15, 0.2) is 0 Å². The summed E-state index contributed by atoms with van der Waals surface area (Å²) in [4.78, 5) is 0. The third kappa shape index (κ3) is 3.79. The number of anilines is 1. The van der Waals surface area contributed by atoms with E-state index in [1.807, 2.05) is 12.1 Å². The van der Waals surface area contributed by atoms with Gasteiger partial charge in [0.2, 0.25) is 0 Å². The lowest BCUT2D eigenvalue weighted by Gasteiger charge is -2.05. The van der Waals surface area contributed by atoms with Crippen molar-refractivity contribution >= 4 is 5.82 Å². The first-order chi connectivity index (χ1) is 9.83. The SMILES string of the molecule is CCCc1ccc(-c2ccc(NCCC#N)nn2)cc1. The van der Waals surface area contributed by atoms with Crippen LogP contribution in [0, 0.1) is 11.3 Å². The normalized spacial score (nSPS) is 10.0. The molecule has 2 rings (SSSR count). The highest BCUT2D eigenvalue weighted by molar-refractivity contribution is 5.59. The van der Waals surface area contributed by atoms with Crippen molar-refractivity contribution in [2.24, 2.45) is 0 Å². The van der Waals surface area contributed by atoms with E-state index in [0.717, 1.165) is 24.1 Å². The van der Waals surface area contributed by atoms with Crippen LogP contribution >= 0.6 is 0 Å². The second kappa shape index (κ2) is 7.25. The van der Waals surface area contributed by atoms with Gasteiger partial charge in [-0.2, -0.15) is 5.26 Å². The summed E-state index contributed by atoms with van der Waals surface area (Å²) >= 11 is 0. The maximum Gasteiger partial charge on any atom is 0.148 e. The molecule has 2 aromatic rings. The summed E-state index contributed by atoms with van der Waals surface area (Å²) in [5, 5.41) is 19.8. The Labute approximate surface area is 119 Å². The first kappa shape index (κ1) is 14.0. The van der Waals surface area contributed by atoms with E-state index in [-0.39, 0.29) is 0 Å². The smallest absolute Gasteiger partial charge is 0.148 e. The standard InChI is InChI=1S/C16H18N4/c1-2-4-13-5-7-14(8-6-13)15-9-10-16(20-19-15)18-12-3-11-17/h5-10H,2-4,12H2,1H3,(H,18,20). The van der Waals surface area contributed by atoms with Crippen LogP contribution in [0.15, 0.2) is 36.4 Å². The van der Waals surface area contributed by atoms with E-state index in [0.29, 0.717) is 18.8 Å². The number of benzene rings is 1. The van der Waals surface area contributed by atoms with Crippen LogP contribution in [0.5, 0.6) is 0 Å². The molecule has 4 heteroatoms. The molecule has 0 bridgehead atoms. The Balaban J connectivity index is 2.03. The molecule has 102 valence electrons. The number of rotatable bonds is 6. The van der Waals surface area contributed by atoms with Crippen molar-refractivity contribution in [2.75, 3.05) is 11.9 Å². The van der Waals surface area contributed by atoms with Crippen LogP contribution in [0.2, 0.25) is 0 Å². The average Bonchev–Trinajstić information content (AvgIpc) is 2.49. The number of nitrogens with one attached hydrogen (secondary N) is 1. The molecule has 0 saturated carbocycles. The predicted molar refractivity (Wildman–Crippen MR) is 80.2 cm³/mol. The molecule has 0 aliphatic carbocycles. The molecule has 1 aromatic heterocycles. The largest absolute Gasteiger partial charge is 0.368 e. The van der Waals surface area contributed by atoms with Crippen molar-refractivity contribution in [3.05, 3.63) is 42.0 Å². The van der Waals surface area contributed by atoms with Crippen molar-refractivity contribution in [3.63, 3.8) is 0 Å². The van der Waals surface area contributed by atoms with Crippen molar-refractivity contribution in [2.45, 2.75) is 26.2 Å². The average molecular weight is 266 g/mol. The highest BCUT2D eigenvalue weighted by atomic mass is 15.2. The van der Waals surface area contributed by atoms with Crippen molar-refractivity contribution in [3.8, 4) is 17.3 Å². The fourth-order valence-corrected chi connectivity index (χ4v) is 1.96. The number of nitrogens with zero attached hydrogens (tertiary/aromatic N) is 3. The van der Waals surface area contributed by atoms with Crippen LogP contribution in [-0.4, -0.2) is 16.7 Å². The molecular formula is C16H18N4.